The van der Waals surface area contributed by atoms with Gasteiger partial charge in [0.1, 0.15) is 36.6 Å². The first-order valence-electron chi connectivity index (χ1n) is 15.2. The van der Waals surface area contributed by atoms with Crippen LogP contribution in [0.5, 0.6) is 23.3 Å². The highest BCUT2D eigenvalue weighted by atomic mass is 19.4. The third-order valence-electron chi connectivity index (χ3n) is 8.15. The largest absolute Gasteiger partial charge is 0.573 e. The highest BCUT2D eigenvalue weighted by molar-refractivity contribution is 5.50. The lowest BCUT2D eigenvalue weighted by atomic mass is 10.1. The van der Waals surface area contributed by atoms with E-state index in [1.807, 2.05) is 48.5 Å². The zero-order valence-corrected chi connectivity index (χ0v) is 25.6. The Balaban J connectivity index is 0.941. The standard InChI is InChI=1S/C33H34F3N5O6/c1-23-19-38(20-24-2-8-27(9-3-24)44-21-25-4-10-29(11-5-25)47-33(34,35)36)16-17-39(23)26-6-12-28(13-7-26)45-22-30-18-31(41(42)43)40-15-14-37-32(40)46-30/h2-15,23,30-31H,16-22H2,1H3/t23-,30+,31?/m0/s1. The van der Waals surface area contributed by atoms with Crippen LogP contribution in [-0.2, 0) is 13.2 Å². The van der Waals surface area contributed by atoms with Crippen LogP contribution in [0.4, 0.5) is 18.9 Å². The minimum atomic E-state index is -4.72. The molecule has 0 aliphatic carbocycles. The lowest BCUT2D eigenvalue weighted by molar-refractivity contribution is -0.553. The van der Waals surface area contributed by atoms with Crippen molar-refractivity contribution in [2.75, 3.05) is 31.1 Å². The van der Waals surface area contributed by atoms with E-state index in [2.05, 4.69) is 26.4 Å². The summed E-state index contributed by atoms with van der Waals surface area (Å²) in [6.45, 7) is 6.04. The maximum atomic E-state index is 12.4. The third-order valence-corrected chi connectivity index (χ3v) is 8.15. The quantitative estimate of drug-likeness (QED) is 0.141. The Hall–Kier alpha value is -4.98. The molecule has 1 saturated heterocycles. The Labute approximate surface area is 269 Å². The molecule has 3 aromatic carbocycles. The number of halogens is 3. The molecular weight excluding hydrogens is 619 g/mol. The second-order valence-corrected chi connectivity index (χ2v) is 11.6. The number of imidazole rings is 1. The van der Waals surface area contributed by atoms with E-state index < -0.39 is 18.6 Å². The second-order valence-electron chi connectivity index (χ2n) is 11.6. The molecule has 4 aromatic rings. The zero-order valence-electron chi connectivity index (χ0n) is 25.6. The summed E-state index contributed by atoms with van der Waals surface area (Å²) in [5, 5.41) is 11.5. The summed E-state index contributed by atoms with van der Waals surface area (Å²) in [6, 6.07) is 21.8. The number of alkyl halides is 3. The first kappa shape index (κ1) is 32.0. The van der Waals surface area contributed by atoms with Gasteiger partial charge in [-0.1, -0.05) is 24.3 Å². The first-order valence-corrected chi connectivity index (χ1v) is 15.2. The number of hydrogen-bond donors (Lipinski definition) is 0. The number of nitrogens with zero attached hydrogens (tertiary/aromatic N) is 5. The van der Waals surface area contributed by atoms with Crippen molar-refractivity contribution in [1.29, 1.82) is 0 Å². The summed E-state index contributed by atoms with van der Waals surface area (Å²) in [6.07, 6.45) is -2.90. The van der Waals surface area contributed by atoms with Crippen molar-refractivity contribution in [3.8, 4) is 23.3 Å². The van der Waals surface area contributed by atoms with Gasteiger partial charge in [-0.15, -0.1) is 13.2 Å². The van der Waals surface area contributed by atoms with Crippen LogP contribution in [0, 0.1) is 10.1 Å². The number of fused-ring (bicyclic) bond motifs is 1. The van der Waals surface area contributed by atoms with Gasteiger partial charge in [-0.25, -0.2) is 9.55 Å². The van der Waals surface area contributed by atoms with Gasteiger partial charge < -0.3 is 23.8 Å². The number of nitro groups is 1. The fourth-order valence-corrected chi connectivity index (χ4v) is 5.84. The smallest absolute Gasteiger partial charge is 0.490 e. The summed E-state index contributed by atoms with van der Waals surface area (Å²) in [5.41, 5.74) is 2.98. The summed E-state index contributed by atoms with van der Waals surface area (Å²) in [4.78, 5) is 20.0. The number of aromatic nitrogens is 2. The van der Waals surface area contributed by atoms with Crippen molar-refractivity contribution < 1.29 is 37.0 Å². The molecular formula is C33H34F3N5O6. The van der Waals surface area contributed by atoms with Crippen molar-refractivity contribution in [2.24, 2.45) is 0 Å². The molecule has 2 aliphatic heterocycles. The molecule has 11 nitrogen and oxygen atoms in total. The maximum Gasteiger partial charge on any atom is 0.573 e. The van der Waals surface area contributed by atoms with E-state index in [-0.39, 0.29) is 42.4 Å². The predicted octanol–water partition coefficient (Wildman–Crippen LogP) is 6.08. The minimum absolute atomic E-state index is 0.177. The summed E-state index contributed by atoms with van der Waals surface area (Å²) >= 11 is 0. The minimum Gasteiger partial charge on any atom is -0.490 e. The molecule has 248 valence electrons. The average molecular weight is 654 g/mol. The predicted molar refractivity (Wildman–Crippen MR) is 165 cm³/mol. The topological polar surface area (TPSA) is 104 Å². The van der Waals surface area contributed by atoms with Crippen LogP contribution < -0.4 is 23.8 Å². The van der Waals surface area contributed by atoms with Crippen molar-refractivity contribution in [3.63, 3.8) is 0 Å². The van der Waals surface area contributed by atoms with Crippen molar-refractivity contribution >= 4 is 5.69 Å². The number of hydrogen-bond acceptors (Lipinski definition) is 9. The van der Waals surface area contributed by atoms with Crippen LogP contribution in [0.25, 0.3) is 0 Å². The fraction of sp³-hybridized carbons (Fsp3) is 0.364. The van der Waals surface area contributed by atoms with Gasteiger partial charge in [-0.2, -0.15) is 0 Å². The highest BCUT2D eigenvalue weighted by Gasteiger charge is 2.36. The van der Waals surface area contributed by atoms with Gasteiger partial charge in [0.25, 0.3) is 6.17 Å². The summed E-state index contributed by atoms with van der Waals surface area (Å²) in [7, 11) is 0. The number of rotatable bonds is 11. The van der Waals surface area contributed by atoms with Crippen LogP contribution in [0.3, 0.4) is 0 Å². The zero-order chi connectivity index (χ0) is 33.0. The summed E-state index contributed by atoms with van der Waals surface area (Å²) in [5.74, 6) is 1.07. The fourth-order valence-electron chi connectivity index (χ4n) is 5.84. The monoisotopic (exact) mass is 653 g/mol. The van der Waals surface area contributed by atoms with E-state index >= 15 is 0 Å². The molecule has 1 aromatic heterocycles. The van der Waals surface area contributed by atoms with Gasteiger partial charge in [-0.05, 0) is 66.6 Å². The first-order chi connectivity index (χ1) is 22.6. The van der Waals surface area contributed by atoms with Crippen molar-refractivity contribution in [3.05, 3.63) is 106 Å². The molecule has 2 aliphatic rings. The Bertz CT molecular complexity index is 1630. The summed E-state index contributed by atoms with van der Waals surface area (Å²) < 4.78 is 59.9. The molecule has 0 radical (unpaired) electrons. The Morgan fingerprint density at radius 1 is 0.936 bits per heavy atom. The average Bonchev–Trinajstić information content (AvgIpc) is 3.52. The molecule has 3 atom stereocenters. The van der Waals surface area contributed by atoms with Gasteiger partial charge >= 0.3 is 12.4 Å². The molecule has 47 heavy (non-hydrogen) atoms. The molecule has 14 heteroatoms. The van der Waals surface area contributed by atoms with Crippen molar-refractivity contribution in [1.82, 2.24) is 14.5 Å². The normalized spacial score (nSPS) is 19.8. The van der Waals surface area contributed by atoms with E-state index in [1.54, 1.807) is 18.3 Å². The maximum absolute atomic E-state index is 12.4. The molecule has 0 spiro atoms. The number of piperazine rings is 1. The van der Waals surface area contributed by atoms with Crippen LogP contribution >= 0.6 is 0 Å². The molecule has 6 rings (SSSR count). The Morgan fingerprint density at radius 2 is 1.60 bits per heavy atom. The number of benzene rings is 3. The van der Waals surface area contributed by atoms with Crippen LogP contribution in [-0.4, -0.2) is 64.1 Å². The van der Waals surface area contributed by atoms with E-state index in [0.29, 0.717) is 11.5 Å². The highest BCUT2D eigenvalue weighted by Crippen LogP contribution is 2.30. The molecule has 0 N–H and O–H groups in total. The van der Waals surface area contributed by atoms with Crippen molar-refractivity contribution in [2.45, 2.75) is 51.2 Å². The SMILES string of the molecule is C[C@H]1CN(Cc2ccc(OCc3ccc(OC(F)(F)F)cc3)cc2)CCN1c1ccc(OC[C@H]2CC([N+](=O)[O-])n3ccnc3O2)cc1. The second kappa shape index (κ2) is 13.8. The number of ether oxygens (including phenoxy) is 4. The van der Waals surface area contributed by atoms with E-state index in [1.165, 1.54) is 22.9 Å². The third kappa shape index (κ3) is 8.25. The number of anilines is 1. The van der Waals surface area contributed by atoms with E-state index in [9.17, 15) is 23.3 Å². The lowest BCUT2D eigenvalue weighted by Crippen LogP contribution is -2.51. The van der Waals surface area contributed by atoms with Gasteiger partial charge in [0, 0.05) is 55.2 Å². The lowest BCUT2D eigenvalue weighted by Gasteiger charge is -2.41. The molecule has 1 fully saturated rings. The Morgan fingerprint density at radius 3 is 2.28 bits per heavy atom. The molecule has 0 saturated carbocycles. The van der Waals surface area contributed by atoms with Crippen LogP contribution in [0.1, 0.15) is 30.6 Å². The Kier molecular flexibility index (Phi) is 9.38. The van der Waals surface area contributed by atoms with E-state index in [4.69, 9.17) is 14.2 Å². The van der Waals surface area contributed by atoms with E-state index in [0.717, 1.165) is 43.0 Å². The van der Waals surface area contributed by atoms with Gasteiger partial charge in [0.05, 0.1) is 6.42 Å². The molecule has 0 amide bonds. The van der Waals surface area contributed by atoms with Gasteiger partial charge in [-0.3, -0.25) is 15.0 Å². The molecule has 3 heterocycles. The van der Waals surface area contributed by atoms with Crippen LogP contribution in [0.2, 0.25) is 0 Å². The molecule has 1 unspecified atom stereocenters. The van der Waals surface area contributed by atoms with Gasteiger partial charge in [0.2, 0.25) is 0 Å². The molecule has 0 bridgehead atoms. The van der Waals surface area contributed by atoms with Crippen LogP contribution in [0.15, 0.2) is 85.2 Å². The van der Waals surface area contributed by atoms with Gasteiger partial charge in [0.15, 0.2) is 0 Å².